The second-order valence-electron chi connectivity index (χ2n) is 28.3. The molecule has 0 saturated heterocycles. The molecule has 0 aliphatic heterocycles. The molecular weight excluding hydrogens is 1040 g/mol. The van der Waals surface area contributed by atoms with Crippen LogP contribution in [-0.4, -0.2) is 9.13 Å². The molecule has 2 aromatic heterocycles. The molecular formula is C84H76N2. The van der Waals surface area contributed by atoms with E-state index in [0.717, 1.165) is 11.4 Å². The first kappa shape index (κ1) is 54.7. The van der Waals surface area contributed by atoms with Gasteiger partial charge < -0.3 is 9.13 Å². The molecule has 14 rings (SSSR count). The Balaban J connectivity index is 0.879. The number of rotatable bonds is 7. The summed E-state index contributed by atoms with van der Waals surface area (Å²) in [4.78, 5) is 0. The summed E-state index contributed by atoms with van der Waals surface area (Å²) in [5.74, 6) is 0. The smallest absolute Gasteiger partial charge is 0.0541 e. The van der Waals surface area contributed by atoms with Crippen LogP contribution in [0.1, 0.15) is 105 Å². The van der Waals surface area contributed by atoms with Crippen molar-refractivity contribution in [2.24, 2.45) is 0 Å². The van der Waals surface area contributed by atoms with Gasteiger partial charge in [0.1, 0.15) is 0 Å². The Hall–Kier alpha value is -9.24. The quantitative estimate of drug-likeness (QED) is 0.141. The molecule has 422 valence electrons. The second kappa shape index (κ2) is 20.2. The molecule has 14 aromatic rings. The molecule has 0 atom stereocenters. The number of aromatic nitrogens is 2. The summed E-state index contributed by atoms with van der Waals surface area (Å²) in [7, 11) is 0. The van der Waals surface area contributed by atoms with Crippen molar-refractivity contribution < 1.29 is 0 Å². The van der Waals surface area contributed by atoms with Crippen molar-refractivity contribution in [3.05, 3.63) is 265 Å². The summed E-state index contributed by atoms with van der Waals surface area (Å²) in [5.41, 5.74) is 24.8. The largest absolute Gasteiger partial charge is 0.309 e. The zero-order valence-corrected chi connectivity index (χ0v) is 52.0. The van der Waals surface area contributed by atoms with Gasteiger partial charge in [0.15, 0.2) is 0 Å². The van der Waals surface area contributed by atoms with E-state index >= 15 is 0 Å². The van der Waals surface area contributed by atoms with Gasteiger partial charge in [-0.1, -0.05) is 241 Å². The van der Waals surface area contributed by atoms with Crippen LogP contribution in [0.3, 0.4) is 0 Å². The minimum absolute atomic E-state index is 0.0150. The van der Waals surface area contributed by atoms with Crippen LogP contribution in [0, 0.1) is 0 Å². The van der Waals surface area contributed by atoms with E-state index < -0.39 is 0 Å². The number of hydrogen-bond acceptors (Lipinski definition) is 0. The van der Waals surface area contributed by atoms with E-state index in [0.29, 0.717) is 0 Å². The van der Waals surface area contributed by atoms with E-state index in [1.807, 2.05) is 0 Å². The van der Waals surface area contributed by atoms with E-state index in [9.17, 15) is 0 Å². The molecule has 0 fully saturated rings. The van der Waals surface area contributed by atoms with E-state index in [4.69, 9.17) is 0 Å². The zero-order valence-electron chi connectivity index (χ0n) is 52.0. The molecule has 0 radical (unpaired) electrons. The fourth-order valence-corrected chi connectivity index (χ4v) is 13.4. The van der Waals surface area contributed by atoms with Crippen LogP contribution in [-0.2, 0) is 21.7 Å². The molecule has 2 nitrogen and oxygen atoms in total. The lowest BCUT2D eigenvalue weighted by Gasteiger charge is -2.20. The third-order valence-electron chi connectivity index (χ3n) is 18.4. The lowest BCUT2D eigenvalue weighted by molar-refractivity contribution is 0.590. The van der Waals surface area contributed by atoms with Gasteiger partial charge in [0.2, 0.25) is 0 Å². The number of fused-ring (bicyclic) bond motifs is 8. The van der Waals surface area contributed by atoms with Gasteiger partial charge in [-0.05, 0) is 206 Å². The number of hydrogen-bond donors (Lipinski definition) is 0. The normalized spacial score (nSPS) is 12.7. The molecule has 0 saturated carbocycles. The van der Waals surface area contributed by atoms with Crippen LogP contribution in [0.5, 0.6) is 0 Å². The monoisotopic (exact) mass is 1110 g/mol. The molecule has 0 amide bonds. The fraction of sp³-hybridized carbons (Fsp3) is 0.190. The second-order valence-corrected chi connectivity index (χ2v) is 28.3. The minimum Gasteiger partial charge on any atom is -0.309 e. The van der Waals surface area contributed by atoms with Crippen LogP contribution in [0.25, 0.3) is 132 Å². The molecule has 0 aliphatic carbocycles. The Morgan fingerprint density at radius 3 is 0.802 bits per heavy atom. The third-order valence-corrected chi connectivity index (χ3v) is 18.4. The standard InChI is InChI=1S/C84H76N2/c1-81(2,3)61-32-23-53(24-33-61)60-31-43-75-69(47-60)70-50-62(82(4,5)6)34-44-76(70)85(75)65-37-25-54(26-38-65)58-29-41-67-73(48-58)79(56-19-15-13-16-20-56)68-42-30-59(49-74(68)80(67)57-21-17-14-18-22-57)55-27-39-66(40-28-55)86-77-45-35-63(83(7,8)9)51-71(77)72-52-64(84(10,11)12)36-46-78(72)86/h13-52H,1-12H3. The Morgan fingerprint density at radius 2 is 0.465 bits per heavy atom. The highest BCUT2D eigenvalue weighted by Crippen LogP contribution is 2.47. The molecule has 0 bridgehead atoms. The maximum absolute atomic E-state index is 2.46. The van der Waals surface area contributed by atoms with Crippen LogP contribution in [0.15, 0.2) is 243 Å². The predicted octanol–water partition coefficient (Wildman–Crippen LogP) is 23.7. The average molecular weight is 1110 g/mol. The Labute approximate surface area is 508 Å². The molecule has 86 heavy (non-hydrogen) atoms. The number of benzene rings is 12. The summed E-state index contributed by atoms with van der Waals surface area (Å²) in [5, 5.41) is 10.1. The Bertz CT molecular complexity index is 4870. The molecule has 0 unspecified atom stereocenters. The zero-order chi connectivity index (χ0) is 59.6. The van der Waals surface area contributed by atoms with Gasteiger partial charge in [-0.15, -0.1) is 0 Å². The van der Waals surface area contributed by atoms with E-state index in [2.05, 4.69) is 335 Å². The molecule has 0 aliphatic rings. The van der Waals surface area contributed by atoms with Crippen molar-refractivity contribution in [2.45, 2.75) is 105 Å². The van der Waals surface area contributed by atoms with Crippen molar-refractivity contribution in [3.63, 3.8) is 0 Å². The van der Waals surface area contributed by atoms with Crippen LogP contribution >= 0.6 is 0 Å². The SMILES string of the molecule is CC(C)(C)c1ccc(-c2ccc3c(c2)c2cc(C(C)(C)C)ccc2n3-c2ccc(-c3ccc4c(-c5ccccc5)c5cc(-c6ccc(-n7c8ccc(C(C)(C)C)cc8c8cc(C(C)(C)C)ccc87)cc6)ccc5c(-c5ccccc5)c4c3)cc2)cc1. The first-order valence-electron chi connectivity index (χ1n) is 30.8. The van der Waals surface area contributed by atoms with Gasteiger partial charge in [-0.25, -0.2) is 0 Å². The summed E-state index contributed by atoms with van der Waals surface area (Å²) in [6.45, 7) is 27.6. The lowest BCUT2D eigenvalue weighted by atomic mass is 9.84. The fourth-order valence-electron chi connectivity index (χ4n) is 13.4. The molecule has 12 aromatic carbocycles. The Morgan fingerprint density at radius 1 is 0.198 bits per heavy atom. The summed E-state index contributed by atoms with van der Waals surface area (Å²) in [6.07, 6.45) is 0. The van der Waals surface area contributed by atoms with Gasteiger partial charge in [-0.3, -0.25) is 0 Å². The van der Waals surface area contributed by atoms with E-state index in [-0.39, 0.29) is 21.7 Å². The summed E-state index contributed by atoms with van der Waals surface area (Å²) >= 11 is 0. The first-order valence-corrected chi connectivity index (χ1v) is 30.8. The average Bonchev–Trinajstić information content (AvgIpc) is 1.18. The van der Waals surface area contributed by atoms with Gasteiger partial charge in [0.25, 0.3) is 0 Å². The van der Waals surface area contributed by atoms with Crippen molar-refractivity contribution in [2.75, 3.05) is 0 Å². The topological polar surface area (TPSA) is 9.86 Å². The van der Waals surface area contributed by atoms with Gasteiger partial charge in [0, 0.05) is 32.9 Å². The van der Waals surface area contributed by atoms with Gasteiger partial charge in [0.05, 0.1) is 22.1 Å². The minimum atomic E-state index is 0.0150. The molecule has 0 N–H and O–H groups in total. The van der Waals surface area contributed by atoms with Gasteiger partial charge >= 0.3 is 0 Å². The highest BCUT2D eigenvalue weighted by atomic mass is 15.0. The first-order chi connectivity index (χ1) is 41.2. The van der Waals surface area contributed by atoms with Crippen molar-refractivity contribution in [3.8, 4) is 67.0 Å². The summed E-state index contributed by atoms with van der Waals surface area (Å²) in [6, 6.07) is 92.2. The van der Waals surface area contributed by atoms with Gasteiger partial charge in [-0.2, -0.15) is 0 Å². The third kappa shape index (κ3) is 9.51. The van der Waals surface area contributed by atoms with Crippen LogP contribution in [0.4, 0.5) is 0 Å². The Kier molecular flexibility index (Phi) is 12.8. The molecule has 0 spiro atoms. The molecule has 2 heterocycles. The maximum Gasteiger partial charge on any atom is 0.0541 e. The number of nitrogens with zero attached hydrogens (tertiary/aromatic N) is 2. The maximum atomic E-state index is 2.46. The highest BCUT2D eigenvalue weighted by Gasteiger charge is 2.24. The lowest BCUT2D eigenvalue weighted by Crippen LogP contribution is -2.10. The van der Waals surface area contributed by atoms with Crippen LogP contribution in [0.2, 0.25) is 0 Å². The predicted molar refractivity (Wildman–Crippen MR) is 372 cm³/mol. The van der Waals surface area contributed by atoms with Crippen LogP contribution < -0.4 is 0 Å². The summed E-state index contributed by atoms with van der Waals surface area (Å²) < 4.78 is 4.91. The highest BCUT2D eigenvalue weighted by molar-refractivity contribution is 6.22. The van der Waals surface area contributed by atoms with Crippen molar-refractivity contribution in [1.29, 1.82) is 0 Å². The van der Waals surface area contributed by atoms with Crippen molar-refractivity contribution in [1.82, 2.24) is 9.13 Å². The van der Waals surface area contributed by atoms with E-state index in [1.54, 1.807) is 0 Å². The van der Waals surface area contributed by atoms with Crippen molar-refractivity contribution >= 4 is 65.2 Å². The molecule has 2 heteroatoms. The van der Waals surface area contributed by atoms with E-state index in [1.165, 1.54) is 143 Å².